The second kappa shape index (κ2) is 5.87. The maximum atomic E-state index is 12.8. The first-order valence-corrected chi connectivity index (χ1v) is 7.64. The molecule has 7 heteroatoms. The molecular weight excluding hydrogens is 359 g/mol. The van der Waals surface area contributed by atoms with Crippen LogP contribution in [-0.2, 0) is 6.18 Å². The second-order valence-electron chi connectivity index (χ2n) is 5.27. The molecule has 0 spiro atoms. The third-order valence-electron chi connectivity index (χ3n) is 3.82. The number of aromatic nitrogens is 2. The fourth-order valence-corrected chi connectivity index (χ4v) is 2.90. The molecule has 0 amide bonds. The molecule has 2 heterocycles. The van der Waals surface area contributed by atoms with Gasteiger partial charge in [-0.2, -0.15) is 13.2 Å². The molecule has 1 saturated heterocycles. The van der Waals surface area contributed by atoms with Crippen LogP contribution in [0.15, 0.2) is 41.0 Å². The first-order valence-electron chi connectivity index (χ1n) is 6.85. The minimum atomic E-state index is -4.30. The molecule has 0 bridgehead atoms. The summed E-state index contributed by atoms with van der Waals surface area (Å²) < 4.78 is 39.1. The van der Waals surface area contributed by atoms with E-state index < -0.39 is 11.7 Å². The number of hydrogen-bond acceptors (Lipinski definition) is 3. The summed E-state index contributed by atoms with van der Waals surface area (Å²) in [5, 5.41) is 8.04. The highest BCUT2D eigenvalue weighted by Gasteiger charge is 2.32. The van der Waals surface area contributed by atoms with E-state index in [0.717, 1.165) is 30.4 Å². The van der Waals surface area contributed by atoms with E-state index in [2.05, 4.69) is 26.1 Å². The summed E-state index contributed by atoms with van der Waals surface area (Å²) in [7, 11) is 0. The Morgan fingerprint density at radius 1 is 1.14 bits per heavy atom. The van der Waals surface area contributed by atoms with Gasteiger partial charge in [-0.1, -0.05) is 18.2 Å². The van der Waals surface area contributed by atoms with Gasteiger partial charge in [-0.15, -0.1) is 10.2 Å². The van der Waals surface area contributed by atoms with E-state index in [1.54, 1.807) is 12.1 Å². The Morgan fingerprint density at radius 3 is 2.64 bits per heavy atom. The van der Waals surface area contributed by atoms with E-state index in [4.69, 9.17) is 0 Å². The van der Waals surface area contributed by atoms with Crippen LogP contribution in [0.5, 0.6) is 0 Å². The first-order chi connectivity index (χ1) is 10.4. The van der Waals surface area contributed by atoms with Gasteiger partial charge >= 0.3 is 6.18 Å². The van der Waals surface area contributed by atoms with Crippen LogP contribution in [0.2, 0.25) is 0 Å². The maximum Gasteiger partial charge on any atom is 0.416 e. The summed E-state index contributed by atoms with van der Waals surface area (Å²) in [6.07, 6.45) is -3.50. The van der Waals surface area contributed by atoms with Crippen molar-refractivity contribution < 1.29 is 13.2 Å². The standard InChI is InChI=1S/C15H13BrF3N3/c16-13-4-5-14(21-20-13)22-7-6-11(9-22)10-2-1-3-12(8-10)15(17,18)19/h1-5,8,11H,6-7,9H2. The van der Waals surface area contributed by atoms with Gasteiger partial charge in [-0.3, -0.25) is 0 Å². The Balaban J connectivity index is 1.76. The highest BCUT2D eigenvalue weighted by Crippen LogP contribution is 2.34. The van der Waals surface area contributed by atoms with Gasteiger partial charge in [0.1, 0.15) is 4.60 Å². The molecule has 2 aromatic rings. The summed E-state index contributed by atoms with van der Waals surface area (Å²) in [4.78, 5) is 2.05. The van der Waals surface area contributed by atoms with Gasteiger partial charge in [-0.05, 0) is 46.1 Å². The zero-order valence-corrected chi connectivity index (χ0v) is 13.1. The van der Waals surface area contributed by atoms with Crippen LogP contribution in [0.4, 0.5) is 19.0 Å². The molecule has 22 heavy (non-hydrogen) atoms. The van der Waals surface area contributed by atoms with Crippen molar-refractivity contribution in [1.82, 2.24) is 10.2 Å². The molecule has 1 aromatic carbocycles. The number of hydrogen-bond donors (Lipinski definition) is 0. The lowest BCUT2D eigenvalue weighted by Gasteiger charge is -2.17. The van der Waals surface area contributed by atoms with Crippen LogP contribution in [0.3, 0.4) is 0 Å². The minimum absolute atomic E-state index is 0.0766. The molecule has 0 N–H and O–H groups in total. The summed E-state index contributed by atoms with van der Waals surface area (Å²) in [5.41, 5.74) is 0.134. The molecule has 1 aliphatic heterocycles. The van der Waals surface area contributed by atoms with Crippen LogP contribution in [-0.4, -0.2) is 23.3 Å². The predicted octanol–water partition coefficient (Wildman–Crippen LogP) is 4.25. The van der Waals surface area contributed by atoms with Gasteiger partial charge < -0.3 is 4.90 Å². The Labute approximate surface area is 134 Å². The van der Waals surface area contributed by atoms with Crippen LogP contribution < -0.4 is 4.90 Å². The summed E-state index contributed by atoms with van der Waals surface area (Å²) in [5.74, 6) is 0.824. The molecule has 1 unspecified atom stereocenters. The van der Waals surface area contributed by atoms with Crippen molar-refractivity contribution >= 4 is 21.7 Å². The number of halogens is 4. The average molecular weight is 372 g/mol. The van der Waals surface area contributed by atoms with Crippen molar-refractivity contribution in [1.29, 1.82) is 0 Å². The molecular formula is C15H13BrF3N3. The molecule has 1 aromatic heterocycles. The molecule has 0 aliphatic carbocycles. The van der Waals surface area contributed by atoms with Crippen molar-refractivity contribution in [3.05, 3.63) is 52.1 Å². The zero-order valence-electron chi connectivity index (χ0n) is 11.5. The van der Waals surface area contributed by atoms with Gasteiger partial charge in [-0.25, -0.2) is 0 Å². The highest BCUT2D eigenvalue weighted by atomic mass is 79.9. The highest BCUT2D eigenvalue weighted by molar-refractivity contribution is 9.10. The van der Waals surface area contributed by atoms with Crippen molar-refractivity contribution in [3.63, 3.8) is 0 Å². The van der Waals surface area contributed by atoms with Crippen molar-refractivity contribution in [3.8, 4) is 0 Å². The fourth-order valence-electron chi connectivity index (χ4n) is 2.69. The largest absolute Gasteiger partial charge is 0.416 e. The Kier molecular flexibility index (Phi) is 4.08. The summed E-state index contributed by atoms with van der Waals surface area (Å²) in [6, 6.07) is 9.25. The van der Waals surface area contributed by atoms with Crippen molar-refractivity contribution in [2.75, 3.05) is 18.0 Å². The molecule has 1 fully saturated rings. The normalized spacial score (nSPS) is 18.7. The number of alkyl halides is 3. The fraction of sp³-hybridized carbons (Fsp3) is 0.333. The van der Waals surface area contributed by atoms with Crippen molar-refractivity contribution in [2.45, 2.75) is 18.5 Å². The van der Waals surface area contributed by atoms with Crippen LogP contribution >= 0.6 is 15.9 Å². The number of anilines is 1. The average Bonchev–Trinajstić information content (AvgIpc) is 2.97. The molecule has 1 aliphatic rings. The third-order valence-corrected chi connectivity index (χ3v) is 4.24. The van der Waals surface area contributed by atoms with Gasteiger partial charge in [0.05, 0.1) is 5.56 Å². The number of rotatable bonds is 2. The number of benzene rings is 1. The Morgan fingerprint density at radius 2 is 1.95 bits per heavy atom. The van der Waals surface area contributed by atoms with Crippen LogP contribution in [0, 0.1) is 0 Å². The van der Waals surface area contributed by atoms with E-state index in [0.29, 0.717) is 11.1 Å². The first kappa shape index (κ1) is 15.3. The topological polar surface area (TPSA) is 29.0 Å². The lowest BCUT2D eigenvalue weighted by Crippen LogP contribution is -2.20. The number of nitrogens with zero attached hydrogens (tertiary/aromatic N) is 3. The summed E-state index contributed by atoms with van der Waals surface area (Å²) in [6.45, 7) is 1.41. The van der Waals surface area contributed by atoms with E-state index >= 15 is 0 Å². The minimum Gasteiger partial charge on any atom is -0.354 e. The Bertz CT molecular complexity index is 658. The van der Waals surface area contributed by atoms with Crippen LogP contribution in [0.25, 0.3) is 0 Å². The zero-order chi connectivity index (χ0) is 15.7. The lowest BCUT2D eigenvalue weighted by atomic mass is 9.96. The van der Waals surface area contributed by atoms with Gasteiger partial charge in [0.2, 0.25) is 0 Å². The monoisotopic (exact) mass is 371 g/mol. The Hall–Kier alpha value is -1.63. The lowest BCUT2D eigenvalue weighted by molar-refractivity contribution is -0.137. The van der Waals surface area contributed by atoms with E-state index in [1.807, 2.05) is 11.0 Å². The smallest absolute Gasteiger partial charge is 0.354 e. The van der Waals surface area contributed by atoms with Crippen molar-refractivity contribution in [2.24, 2.45) is 0 Å². The quantitative estimate of drug-likeness (QED) is 0.789. The molecule has 3 nitrogen and oxygen atoms in total. The summed E-state index contributed by atoms with van der Waals surface area (Å²) >= 11 is 3.23. The van der Waals surface area contributed by atoms with E-state index in [-0.39, 0.29) is 5.92 Å². The SMILES string of the molecule is FC(F)(F)c1cccc(C2CCN(c3ccc(Br)nn3)C2)c1. The molecule has 0 saturated carbocycles. The molecule has 0 radical (unpaired) electrons. The van der Waals surface area contributed by atoms with E-state index in [1.165, 1.54) is 12.1 Å². The molecule has 3 rings (SSSR count). The van der Waals surface area contributed by atoms with Gasteiger partial charge in [0.25, 0.3) is 0 Å². The predicted molar refractivity (Wildman–Crippen MR) is 80.7 cm³/mol. The maximum absolute atomic E-state index is 12.8. The molecule has 116 valence electrons. The van der Waals surface area contributed by atoms with E-state index in [9.17, 15) is 13.2 Å². The van der Waals surface area contributed by atoms with Crippen LogP contribution in [0.1, 0.15) is 23.5 Å². The molecule has 1 atom stereocenters. The second-order valence-corrected chi connectivity index (χ2v) is 6.08. The van der Waals surface area contributed by atoms with Gasteiger partial charge in [0, 0.05) is 19.0 Å². The van der Waals surface area contributed by atoms with Gasteiger partial charge in [0.15, 0.2) is 5.82 Å². The third kappa shape index (κ3) is 3.24.